The van der Waals surface area contributed by atoms with Crippen LogP contribution in [0.5, 0.6) is 11.5 Å². The van der Waals surface area contributed by atoms with E-state index in [0.717, 1.165) is 18.4 Å². The Hall–Kier alpha value is -3.22. The molecule has 5 N–H and O–H groups in total. The number of phenolic OH excluding ortho intramolecular Hbond substituents is 1. The van der Waals surface area contributed by atoms with Crippen molar-refractivity contribution < 1.29 is 19.4 Å². The Bertz CT molecular complexity index is 846. The Morgan fingerprint density at radius 3 is 2.48 bits per heavy atom. The maximum absolute atomic E-state index is 12.0. The molecule has 3 rings (SSSR count). The molecule has 0 bridgehead atoms. The molecule has 0 atom stereocenters. The van der Waals surface area contributed by atoms with E-state index in [1.54, 1.807) is 24.3 Å². The summed E-state index contributed by atoms with van der Waals surface area (Å²) in [5.41, 5.74) is 7.14. The van der Waals surface area contributed by atoms with Gasteiger partial charge in [-0.1, -0.05) is 25.3 Å². The summed E-state index contributed by atoms with van der Waals surface area (Å²) in [7, 11) is 0. The molecular weight excluding hydrogens is 370 g/mol. The molecule has 0 aliphatic heterocycles. The third-order valence-electron chi connectivity index (χ3n) is 5.09. The van der Waals surface area contributed by atoms with Crippen LogP contribution in [0, 0.1) is 5.92 Å². The topological polar surface area (TPSA) is 114 Å². The number of anilines is 1. The number of ether oxygens (including phenoxy) is 1. The third kappa shape index (κ3) is 6.14. The Labute approximate surface area is 170 Å². The van der Waals surface area contributed by atoms with Gasteiger partial charge in [0.25, 0.3) is 5.91 Å². The number of rotatable bonds is 7. The number of nitrogens with two attached hydrogens (primary N) is 1. The molecule has 29 heavy (non-hydrogen) atoms. The largest absolute Gasteiger partial charge is 0.508 e. The number of nitrogens with one attached hydrogen (secondary N) is 2. The molecule has 7 heteroatoms. The minimum absolute atomic E-state index is 0.126. The monoisotopic (exact) mass is 397 g/mol. The van der Waals surface area contributed by atoms with Gasteiger partial charge in [-0.25, -0.2) is 4.79 Å². The first-order chi connectivity index (χ1) is 14.0. The van der Waals surface area contributed by atoms with E-state index in [0.29, 0.717) is 29.5 Å². The summed E-state index contributed by atoms with van der Waals surface area (Å²) in [5.74, 6) is 0.578. The van der Waals surface area contributed by atoms with E-state index in [1.807, 2.05) is 6.07 Å². The standard InChI is InChI=1S/C22H27N3O4/c23-21(27)19-12-16(6-11-20(19)29-14-15-4-2-1-3-5-15)13-24-22(28)25-17-7-9-18(26)10-8-17/h6-12,15,26H,1-5,13-14H2,(H2,23,27)(H2,24,25,28). The molecular formula is C22H27N3O4. The van der Waals surface area contributed by atoms with Crippen molar-refractivity contribution in [1.29, 1.82) is 0 Å². The lowest BCUT2D eigenvalue weighted by Crippen LogP contribution is -2.28. The Balaban J connectivity index is 1.56. The summed E-state index contributed by atoms with van der Waals surface area (Å²) < 4.78 is 5.89. The summed E-state index contributed by atoms with van der Waals surface area (Å²) in [4.78, 5) is 23.9. The molecule has 0 aromatic heterocycles. The van der Waals surface area contributed by atoms with E-state index < -0.39 is 11.9 Å². The highest BCUT2D eigenvalue weighted by atomic mass is 16.5. The van der Waals surface area contributed by atoms with Gasteiger partial charge in [-0.05, 0) is 60.7 Å². The van der Waals surface area contributed by atoms with E-state index in [4.69, 9.17) is 10.5 Å². The fourth-order valence-electron chi connectivity index (χ4n) is 3.47. The van der Waals surface area contributed by atoms with Crippen molar-refractivity contribution in [2.45, 2.75) is 38.6 Å². The second-order valence-corrected chi connectivity index (χ2v) is 7.36. The van der Waals surface area contributed by atoms with Crippen LogP contribution in [0.25, 0.3) is 0 Å². The van der Waals surface area contributed by atoms with Crippen LogP contribution in [0.3, 0.4) is 0 Å². The average Bonchev–Trinajstić information content (AvgIpc) is 2.73. The summed E-state index contributed by atoms with van der Waals surface area (Å²) in [6.45, 7) is 0.819. The van der Waals surface area contributed by atoms with Gasteiger partial charge in [-0.2, -0.15) is 0 Å². The highest BCUT2D eigenvalue weighted by Gasteiger charge is 2.16. The number of aromatic hydroxyl groups is 1. The van der Waals surface area contributed by atoms with E-state index in [-0.39, 0.29) is 12.3 Å². The molecule has 1 saturated carbocycles. The fraction of sp³-hybridized carbons (Fsp3) is 0.364. The zero-order chi connectivity index (χ0) is 20.6. The number of hydrogen-bond donors (Lipinski definition) is 4. The lowest BCUT2D eigenvalue weighted by molar-refractivity contribution is 0.0994. The number of urea groups is 1. The molecule has 0 radical (unpaired) electrons. The molecule has 3 amide bonds. The van der Waals surface area contributed by atoms with Crippen LogP contribution in [-0.4, -0.2) is 23.7 Å². The molecule has 1 aliphatic carbocycles. The minimum atomic E-state index is -0.556. The van der Waals surface area contributed by atoms with Gasteiger partial charge < -0.3 is 26.2 Å². The second kappa shape index (κ2) is 9.82. The maximum Gasteiger partial charge on any atom is 0.319 e. The van der Waals surface area contributed by atoms with E-state index >= 15 is 0 Å². The lowest BCUT2D eigenvalue weighted by atomic mass is 9.90. The first-order valence-electron chi connectivity index (χ1n) is 9.90. The zero-order valence-electron chi connectivity index (χ0n) is 16.3. The van der Waals surface area contributed by atoms with Crippen LogP contribution in [0.4, 0.5) is 10.5 Å². The third-order valence-corrected chi connectivity index (χ3v) is 5.09. The van der Waals surface area contributed by atoms with E-state index in [1.165, 1.54) is 31.4 Å². The van der Waals surface area contributed by atoms with Crippen molar-refractivity contribution in [2.24, 2.45) is 11.7 Å². The smallest absolute Gasteiger partial charge is 0.319 e. The van der Waals surface area contributed by atoms with Crippen LogP contribution in [0.2, 0.25) is 0 Å². The predicted octanol–water partition coefficient (Wildman–Crippen LogP) is 3.77. The highest BCUT2D eigenvalue weighted by Crippen LogP contribution is 2.26. The number of amides is 3. The first-order valence-corrected chi connectivity index (χ1v) is 9.90. The van der Waals surface area contributed by atoms with Gasteiger partial charge in [0.05, 0.1) is 12.2 Å². The van der Waals surface area contributed by atoms with Crippen molar-refractivity contribution in [3.8, 4) is 11.5 Å². The number of benzene rings is 2. The second-order valence-electron chi connectivity index (χ2n) is 7.36. The zero-order valence-corrected chi connectivity index (χ0v) is 16.3. The van der Waals surface area contributed by atoms with E-state index in [2.05, 4.69) is 10.6 Å². The van der Waals surface area contributed by atoms with Crippen LogP contribution >= 0.6 is 0 Å². The maximum atomic E-state index is 12.0. The Morgan fingerprint density at radius 1 is 1.07 bits per heavy atom. The molecule has 0 saturated heterocycles. The molecule has 0 heterocycles. The number of carbonyl (C=O) groups is 2. The minimum Gasteiger partial charge on any atom is -0.508 e. The van der Waals surface area contributed by atoms with Crippen LogP contribution < -0.4 is 21.1 Å². The van der Waals surface area contributed by atoms with Gasteiger partial charge in [0.15, 0.2) is 0 Å². The summed E-state index contributed by atoms with van der Waals surface area (Å²) >= 11 is 0. The number of carbonyl (C=O) groups excluding carboxylic acids is 2. The van der Waals surface area contributed by atoms with Gasteiger partial charge in [-0.3, -0.25) is 4.79 Å². The molecule has 1 aliphatic rings. The quantitative estimate of drug-likeness (QED) is 0.533. The average molecular weight is 397 g/mol. The molecule has 0 spiro atoms. The normalized spacial score (nSPS) is 14.2. The summed E-state index contributed by atoms with van der Waals surface area (Å²) in [6, 6.07) is 11.0. The van der Waals surface area contributed by atoms with Crippen LogP contribution in [-0.2, 0) is 6.54 Å². The Kier molecular flexibility index (Phi) is 6.94. The van der Waals surface area contributed by atoms with Crippen LogP contribution in [0.15, 0.2) is 42.5 Å². The highest BCUT2D eigenvalue weighted by molar-refractivity contribution is 5.96. The van der Waals surface area contributed by atoms with Gasteiger partial charge in [0.2, 0.25) is 0 Å². The van der Waals surface area contributed by atoms with Gasteiger partial charge >= 0.3 is 6.03 Å². The molecule has 7 nitrogen and oxygen atoms in total. The summed E-state index contributed by atoms with van der Waals surface area (Å²) in [6.07, 6.45) is 6.06. The number of phenols is 1. The van der Waals surface area contributed by atoms with Gasteiger partial charge in [0, 0.05) is 12.2 Å². The van der Waals surface area contributed by atoms with Crippen molar-refractivity contribution in [3.05, 3.63) is 53.6 Å². The lowest BCUT2D eigenvalue weighted by Gasteiger charge is -2.22. The predicted molar refractivity (Wildman–Crippen MR) is 111 cm³/mol. The van der Waals surface area contributed by atoms with Gasteiger partial charge in [-0.15, -0.1) is 0 Å². The van der Waals surface area contributed by atoms with Crippen molar-refractivity contribution in [2.75, 3.05) is 11.9 Å². The molecule has 2 aromatic rings. The van der Waals surface area contributed by atoms with Gasteiger partial charge in [0.1, 0.15) is 11.5 Å². The van der Waals surface area contributed by atoms with Crippen molar-refractivity contribution in [1.82, 2.24) is 5.32 Å². The Morgan fingerprint density at radius 2 is 1.79 bits per heavy atom. The van der Waals surface area contributed by atoms with Crippen molar-refractivity contribution >= 4 is 17.6 Å². The van der Waals surface area contributed by atoms with E-state index in [9.17, 15) is 14.7 Å². The fourth-order valence-corrected chi connectivity index (χ4v) is 3.47. The summed E-state index contributed by atoms with van der Waals surface area (Å²) in [5, 5.41) is 14.7. The number of hydrogen-bond acceptors (Lipinski definition) is 4. The molecule has 154 valence electrons. The first kappa shape index (κ1) is 20.5. The van der Waals surface area contributed by atoms with Crippen LogP contribution in [0.1, 0.15) is 48.0 Å². The SMILES string of the molecule is NC(=O)c1cc(CNC(=O)Nc2ccc(O)cc2)ccc1OCC1CCCCC1. The molecule has 2 aromatic carbocycles. The molecule has 0 unspecified atom stereocenters. The number of primary amides is 1. The molecule has 1 fully saturated rings. The van der Waals surface area contributed by atoms with Crippen molar-refractivity contribution in [3.63, 3.8) is 0 Å².